The van der Waals surface area contributed by atoms with Gasteiger partial charge in [-0.1, -0.05) is 11.6 Å². The van der Waals surface area contributed by atoms with Crippen molar-refractivity contribution in [2.75, 3.05) is 46.4 Å². The van der Waals surface area contributed by atoms with Crippen LogP contribution in [-0.4, -0.2) is 61.4 Å². The Morgan fingerprint density at radius 3 is 2.81 bits per heavy atom. The molecule has 0 aliphatic carbocycles. The predicted molar refractivity (Wildman–Crippen MR) is 113 cm³/mol. The molecule has 0 saturated carbocycles. The van der Waals surface area contributed by atoms with Gasteiger partial charge in [0.1, 0.15) is 13.1 Å². The number of morpholine rings is 1. The summed E-state index contributed by atoms with van der Waals surface area (Å²) in [7, 11) is 1.81. The zero-order chi connectivity index (χ0) is 19.4. The van der Waals surface area contributed by atoms with Crippen molar-refractivity contribution in [2.45, 2.75) is 13.5 Å². The van der Waals surface area contributed by atoms with Crippen molar-refractivity contribution < 1.29 is 9.64 Å². The van der Waals surface area contributed by atoms with Crippen LogP contribution in [0.15, 0.2) is 23.0 Å². The Morgan fingerprint density at radius 2 is 2.11 bits per heavy atom. The van der Waals surface area contributed by atoms with Gasteiger partial charge in [-0.05, 0) is 48.3 Å². The molecule has 146 valence electrons. The molecule has 3 N–H and O–H groups in total. The summed E-state index contributed by atoms with van der Waals surface area (Å²) in [6.45, 7) is 7.80. The van der Waals surface area contributed by atoms with E-state index in [9.17, 15) is 4.79 Å². The van der Waals surface area contributed by atoms with Crippen molar-refractivity contribution in [3.63, 3.8) is 0 Å². The maximum atomic E-state index is 12.6. The standard InChI is InChI=1S/C19H25ClN4O2S/c1-13-9-14-10-15(18(25)22-17(14)11-16(13)20)12-24(19(27)21-2)4-3-23-5-7-26-8-6-23/h9-11H,3-8,12H2,1-2H3,(H,21,27)(H,22,25)/p+1. The number of nitrogens with zero attached hydrogens (tertiary/aromatic N) is 1. The number of hydrogen-bond donors (Lipinski definition) is 3. The number of ether oxygens (including phenoxy) is 1. The van der Waals surface area contributed by atoms with Crippen LogP contribution in [-0.2, 0) is 11.3 Å². The number of pyridine rings is 1. The molecule has 8 heteroatoms. The molecule has 27 heavy (non-hydrogen) atoms. The average molecular weight is 410 g/mol. The first-order valence-corrected chi connectivity index (χ1v) is 9.96. The third kappa shape index (κ3) is 4.99. The van der Waals surface area contributed by atoms with Crippen LogP contribution in [0, 0.1) is 6.92 Å². The van der Waals surface area contributed by atoms with E-state index in [-0.39, 0.29) is 5.56 Å². The van der Waals surface area contributed by atoms with Gasteiger partial charge in [-0.15, -0.1) is 0 Å². The fourth-order valence-corrected chi connectivity index (χ4v) is 3.64. The summed E-state index contributed by atoms with van der Waals surface area (Å²) < 4.78 is 5.42. The quantitative estimate of drug-likeness (QED) is 0.635. The van der Waals surface area contributed by atoms with E-state index < -0.39 is 0 Å². The molecule has 1 aliphatic heterocycles. The van der Waals surface area contributed by atoms with Crippen LogP contribution in [0.3, 0.4) is 0 Å². The lowest BCUT2D eigenvalue weighted by atomic mass is 10.1. The molecule has 1 saturated heterocycles. The van der Waals surface area contributed by atoms with Crippen LogP contribution in [0.1, 0.15) is 11.1 Å². The van der Waals surface area contributed by atoms with Crippen LogP contribution in [0.2, 0.25) is 5.02 Å². The minimum atomic E-state index is -0.106. The van der Waals surface area contributed by atoms with Crippen LogP contribution >= 0.6 is 23.8 Å². The molecule has 0 radical (unpaired) electrons. The number of benzene rings is 1. The summed E-state index contributed by atoms with van der Waals surface area (Å²) in [5.41, 5.74) is 2.32. The number of aromatic amines is 1. The van der Waals surface area contributed by atoms with Gasteiger partial charge in [0, 0.05) is 23.2 Å². The topological polar surface area (TPSA) is 61.8 Å². The van der Waals surface area contributed by atoms with Gasteiger partial charge in [0.15, 0.2) is 5.11 Å². The Balaban J connectivity index is 1.79. The molecular weight excluding hydrogens is 384 g/mol. The first-order chi connectivity index (χ1) is 13.0. The SMILES string of the molecule is CNC(=S)N(CC[NH+]1CCOCC1)Cc1cc2cc(C)c(Cl)cc2[nH]c1=O. The average Bonchev–Trinajstić information content (AvgIpc) is 2.67. The van der Waals surface area contributed by atoms with Crippen molar-refractivity contribution in [3.05, 3.63) is 44.7 Å². The Kier molecular flexibility index (Phi) is 6.70. The lowest BCUT2D eigenvalue weighted by molar-refractivity contribution is -0.907. The van der Waals surface area contributed by atoms with E-state index in [0.29, 0.717) is 22.2 Å². The molecule has 0 unspecified atom stereocenters. The van der Waals surface area contributed by atoms with Crippen LogP contribution in [0.5, 0.6) is 0 Å². The van der Waals surface area contributed by atoms with Gasteiger partial charge in [0.2, 0.25) is 0 Å². The maximum absolute atomic E-state index is 12.6. The molecule has 1 aromatic heterocycles. The van der Waals surface area contributed by atoms with E-state index in [0.717, 1.165) is 55.9 Å². The summed E-state index contributed by atoms with van der Waals surface area (Å²) >= 11 is 11.6. The molecule has 0 atom stereocenters. The smallest absolute Gasteiger partial charge is 0.253 e. The molecule has 1 aliphatic rings. The van der Waals surface area contributed by atoms with Gasteiger partial charge < -0.3 is 24.8 Å². The molecule has 1 aromatic carbocycles. The lowest BCUT2D eigenvalue weighted by Crippen LogP contribution is -3.14. The Hall–Kier alpha value is -1.67. The maximum Gasteiger partial charge on any atom is 0.253 e. The van der Waals surface area contributed by atoms with Crippen molar-refractivity contribution in [1.29, 1.82) is 0 Å². The normalized spacial score (nSPS) is 15.1. The Bertz CT molecular complexity index is 880. The van der Waals surface area contributed by atoms with E-state index >= 15 is 0 Å². The van der Waals surface area contributed by atoms with Gasteiger partial charge in [0.05, 0.1) is 32.8 Å². The number of fused-ring (bicyclic) bond motifs is 1. The molecule has 3 rings (SSSR count). The third-order valence-electron chi connectivity index (χ3n) is 5.00. The molecular formula is C19H26ClN4O2S+. The van der Waals surface area contributed by atoms with E-state index in [1.165, 1.54) is 4.90 Å². The number of nitrogens with one attached hydrogen (secondary N) is 3. The minimum absolute atomic E-state index is 0.106. The second kappa shape index (κ2) is 9.01. The minimum Gasteiger partial charge on any atom is -0.370 e. The number of halogens is 1. The Morgan fingerprint density at radius 1 is 1.37 bits per heavy atom. The zero-order valence-electron chi connectivity index (χ0n) is 15.7. The van der Waals surface area contributed by atoms with Gasteiger partial charge in [-0.3, -0.25) is 4.79 Å². The number of rotatable bonds is 5. The summed E-state index contributed by atoms with van der Waals surface area (Å²) in [5, 5.41) is 5.31. The molecule has 0 bridgehead atoms. The highest BCUT2D eigenvalue weighted by Crippen LogP contribution is 2.22. The first kappa shape index (κ1) is 20.1. The molecule has 2 heterocycles. The molecule has 0 spiro atoms. The van der Waals surface area contributed by atoms with Gasteiger partial charge in [0.25, 0.3) is 5.56 Å². The largest absolute Gasteiger partial charge is 0.370 e. The summed E-state index contributed by atoms with van der Waals surface area (Å²) in [6, 6.07) is 5.73. The van der Waals surface area contributed by atoms with Crippen molar-refractivity contribution in [3.8, 4) is 0 Å². The van der Waals surface area contributed by atoms with Crippen LogP contribution in [0.25, 0.3) is 10.9 Å². The monoisotopic (exact) mass is 409 g/mol. The van der Waals surface area contributed by atoms with E-state index in [1.807, 2.05) is 26.1 Å². The highest BCUT2D eigenvalue weighted by molar-refractivity contribution is 7.80. The van der Waals surface area contributed by atoms with Crippen molar-refractivity contribution in [1.82, 2.24) is 15.2 Å². The lowest BCUT2D eigenvalue weighted by Gasteiger charge is -2.29. The highest BCUT2D eigenvalue weighted by Gasteiger charge is 2.18. The first-order valence-electron chi connectivity index (χ1n) is 9.18. The Labute approximate surface area is 169 Å². The molecule has 0 amide bonds. The number of hydrogen-bond acceptors (Lipinski definition) is 3. The number of thiocarbonyl (C=S) groups is 1. The van der Waals surface area contributed by atoms with E-state index in [1.54, 1.807) is 6.07 Å². The van der Waals surface area contributed by atoms with Gasteiger partial charge in [-0.25, -0.2) is 0 Å². The van der Waals surface area contributed by atoms with E-state index in [4.69, 9.17) is 28.6 Å². The van der Waals surface area contributed by atoms with Crippen molar-refractivity contribution in [2.24, 2.45) is 0 Å². The molecule has 1 fully saturated rings. The van der Waals surface area contributed by atoms with Gasteiger partial charge in [-0.2, -0.15) is 0 Å². The van der Waals surface area contributed by atoms with Crippen molar-refractivity contribution >= 4 is 39.8 Å². The second-order valence-electron chi connectivity index (χ2n) is 6.90. The van der Waals surface area contributed by atoms with Crippen LogP contribution in [0.4, 0.5) is 0 Å². The van der Waals surface area contributed by atoms with E-state index in [2.05, 4.69) is 15.2 Å². The summed E-state index contributed by atoms with van der Waals surface area (Å²) in [4.78, 5) is 19.1. The number of aromatic nitrogens is 1. The number of quaternary nitrogens is 1. The predicted octanol–water partition coefficient (Wildman–Crippen LogP) is 0.711. The summed E-state index contributed by atoms with van der Waals surface area (Å²) in [6.07, 6.45) is 0. The highest BCUT2D eigenvalue weighted by atomic mass is 35.5. The van der Waals surface area contributed by atoms with Crippen LogP contribution < -0.4 is 15.8 Å². The van der Waals surface area contributed by atoms with Gasteiger partial charge >= 0.3 is 0 Å². The zero-order valence-corrected chi connectivity index (χ0v) is 17.3. The summed E-state index contributed by atoms with van der Waals surface area (Å²) in [5.74, 6) is 0. The fraction of sp³-hybridized carbons (Fsp3) is 0.474. The second-order valence-corrected chi connectivity index (χ2v) is 7.70. The number of aryl methyl sites for hydroxylation is 1. The third-order valence-corrected chi connectivity index (χ3v) is 5.87. The number of H-pyrrole nitrogens is 1. The molecule has 2 aromatic rings. The fourth-order valence-electron chi connectivity index (χ4n) is 3.32. The molecule has 6 nitrogen and oxygen atoms in total.